The molecule has 0 unspecified atom stereocenters. The van der Waals surface area contributed by atoms with E-state index in [-0.39, 0.29) is 0 Å². The molecule has 2 aromatic rings. The average molecular weight is 316 g/mol. The zero-order valence-electron chi connectivity index (χ0n) is 14.7. The Morgan fingerprint density at radius 3 is 2.91 bits per heavy atom. The molecular formula is C19H28N2O2. The van der Waals surface area contributed by atoms with Crippen LogP contribution in [0.5, 0.6) is 5.75 Å². The molecule has 0 spiro atoms. The Morgan fingerprint density at radius 1 is 1.35 bits per heavy atom. The van der Waals surface area contributed by atoms with Gasteiger partial charge < -0.3 is 14.5 Å². The van der Waals surface area contributed by atoms with Gasteiger partial charge in [-0.1, -0.05) is 13.0 Å². The van der Waals surface area contributed by atoms with Crippen LogP contribution in [-0.2, 0) is 4.74 Å². The highest BCUT2D eigenvalue weighted by atomic mass is 16.5. The van der Waals surface area contributed by atoms with Crippen LogP contribution in [0.4, 0.5) is 0 Å². The SMILES string of the molecule is COCCN1CCC[C@@H]1[C@@H](C)c1c(C)[nH]c2cccc(OC)c12. The van der Waals surface area contributed by atoms with Gasteiger partial charge in [0.05, 0.1) is 13.7 Å². The third-order valence-corrected chi connectivity index (χ3v) is 5.27. The molecule has 0 amide bonds. The molecule has 23 heavy (non-hydrogen) atoms. The van der Waals surface area contributed by atoms with Crippen molar-refractivity contribution >= 4 is 10.9 Å². The van der Waals surface area contributed by atoms with Gasteiger partial charge in [0.2, 0.25) is 0 Å². The maximum Gasteiger partial charge on any atom is 0.128 e. The van der Waals surface area contributed by atoms with E-state index in [0.717, 1.165) is 18.9 Å². The minimum absolute atomic E-state index is 0.472. The first-order valence-electron chi connectivity index (χ1n) is 8.55. The summed E-state index contributed by atoms with van der Waals surface area (Å²) in [5, 5.41) is 1.25. The largest absolute Gasteiger partial charge is 0.496 e. The number of methoxy groups -OCH3 is 2. The standard InChI is InChI=1S/C19H28N2O2/c1-13(16-8-6-10-21(16)11-12-22-3)18-14(2)20-15-7-5-9-17(23-4)19(15)18/h5,7,9,13,16,20H,6,8,10-12H2,1-4H3/t13-,16-/m1/s1. The van der Waals surface area contributed by atoms with Crippen LogP contribution in [-0.4, -0.2) is 49.8 Å². The van der Waals surface area contributed by atoms with Crippen LogP contribution in [0.3, 0.4) is 0 Å². The van der Waals surface area contributed by atoms with E-state index in [1.807, 2.05) is 6.07 Å². The summed E-state index contributed by atoms with van der Waals surface area (Å²) < 4.78 is 10.9. The van der Waals surface area contributed by atoms with E-state index in [0.29, 0.717) is 12.0 Å². The highest BCUT2D eigenvalue weighted by Gasteiger charge is 2.32. The van der Waals surface area contributed by atoms with Crippen molar-refractivity contribution in [2.75, 3.05) is 33.9 Å². The summed E-state index contributed by atoms with van der Waals surface area (Å²) in [6.45, 7) is 7.54. The first-order valence-corrected chi connectivity index (χ1v) is 8.55. The van der Waals surface area contributed by atoms with Gasteiger partial charge in [-0.25, -0.2) is 0 Å². The summed E-state index contributed by atoms with van der Waals surface area (Å²) in [5.41, 5.74) is 3.84. The van der Waals surface area contributed by atoms with Gasteiger partial charge in [-0.05, 0) is 49.9 Å². The predicted molar refractivity (Wildman–Crippen MR) is 94.5 cm³/mol. The van der Waals surface area contributed by atoms with Gasteiger partial charge in [0, 0.05) is 36.3 Å². The molecule has 0 saturated carbocycles. The van der Waals surface area contributed by atoms with Crippen molar-refractivity contribution in [3.05, 3.63) is 29.5 Å². The summed E-state index contributed by atoms with van der Waals surface area (Å²) >= 11 is 0. The Kier molecular flexibility index (Phi) is 4.93. The minimum Gasteiger partial charge on any atom is -0.496 e. The first kappa shape index (κ1) is 16.3. The molecule has 126 valence electrons. The summed E-state index contributed by atoms with van der Waals surface area (Å²) in [7, 11) is 3.54. The van der Waals surface area contributed by atoms with Crippen LogP contribution >= 0.6 is 0 Å². The van der Waals surface area contributed by atoms with Gasteiger partial charge in [-0.2, -0.15) is 0 Å². The molecule has 0 radical (unpaired) electrons. The number of ether oxygens (including phenoxy) is 2. The van der Waals surface area contributed by atoms with E-state index >= 15 is 0 Å². The van der Waals surface area contributed by atoms with Crippen LogP contribution in [0.25, 0.3) is 10.9 Å². The molecular weight excluding hydrogens is 288 g/mol. The number of aromatic nitrogens is 1. The molecule has 0 bridgehead atoms. The number of benzene rings is 1. The maximum atomic E-state index is 5.63. The van der Waals surface area contributed by atoms with E-state index < -0.39 is 0 Å². The molecule has 4 nitrogen and oxygen atoms in total. The van der Waals surface area contributed by atoms with Crippen molar-refractivity contribution in [1.29, 1.82) is 0 Å². The fourth-order valence-electron chi connectivity index (χ4n) is 4.21. The van der Waals surface area contributed by atoms with E-state index in [4.69, 9.17) is 9.47 Å². The van der Waals surface area contributed by atoms with Crippen LogP contribution in [0.2, 0.25) is 0 Å². The molecule has 1 aromatic carbocycles. The number of likely N-dealkylation sites (tertiary alicyclic amines) is 1. The summed E-state index contributed by atoms with van der Waals surface area (Å²) in [6, 6.07) is 6.82. The Bertz CT molecular complexity index is 665. The van der Waals surface area contributed by atoms with Gasteiger partial charge in [0.25, 0.3) is 0 Å². The Morgan fingerprint density at radius 2 is 2.17 bits per heavy atom. The normalized spacial score (nSPS) is 20.3. The molecule has 4 heteroatoms. The van der Waals surface area contributed by atoms with Gasteiger partial charge in [-0.3, -0.25) is 4.90 Å². The number of H-pyrrole nitrogens is 1. The zero-order valence-corrected chi connectivity index (χ0v) is 14.7. The Balaban J connectivity index is 1.97. The number of aromatic amines is 1. The van der Waals surface area contributed by atoms with Crippen molar-refractivity contribution in [1.82, 2.24) is 9.88 Å². The number of nitrogens with zero attached hydrogens (tertiary/aromatic N) is 1. The minimum atomic E-state index is 0.472. The molecule has 1 aliphatic rings. The molecule has 3 rings (SSSR count). The number of hydrogen-bond acceptors (Lipinski definition) is 3. The summed E-state index contributed by atoms with van der Waals surface area (Å²) in [4.78, 5) is 6.13. The quantitative estimate of drug-likeness (QED) is 0.883. The van der Waals surface area contributed by atoms with Gasteiger partial charge >= 0.3 is 0 Å². The first-order chi connectivity index (χ1) is 11.2. The van der Waals surface area contributed by atoms with Crippen molar-refractivity contribution in [3.63, 3.8) is 0 Å². The molecule has 1 N–H and O–H groups in total. The molecule has 0 aliphatic carbocycles. The van der Waals surface area contributed by atoms with Crippen LogP contribution in [0, 0.1) is 6.92 Å². The maximum absolute atomic E-state index is 5.63. The number of nitrogens with one attached hydrogen (secondary N) is 1. The lowest BCUT2D eigenvalue weighted by molar-refractivity contribution is 0.134. The second kappa shape index (κ2) is 6.93. The second-order valence-corrected chi connectivity index (χ2v) is 6.57. The van der Waals surface area contributed by atoms with Gasteiger partial charge in [0.15, 0.2) is 0 Å². The van der Waals surface area contributed by atoms with Crippen molar-refractivity contribution in [2.45, 2.75) is 38.6 Å². The van der Waals surface area contributed by atoms with Gasteiger partial charge in [-0.15, -0.1) is 0 Å². The average Bonchev–Trinajstić information content (AvgIpc) is 3.15. The highest BCUT2D eigenvalue weighted by Crippen LogP contribution is 2.40. The third kappa shape index (κ3) is 2.98. The van der Waals surface area contributed by atoms with E-state index in [9.17, 15) is 0 Å². The number of hydrogen-bond donors (Lipinski definition) is 1. The fraction of sp³-hybridized carbons (Fsp3) is 0.579. The van der Waals surface area contributed by atoms with Crippen molar-refractivity contribution < 1.29 is 9.47 Å². The van der Waals surface area contributed by atoms with Crippen LogP contribution in [0.1, 0.15) is 36.9 Å². The molecule has 1 fully saturated rings. The van der Waals surface area contributed by atoms with Crippen molar-refractivity contribution in [3.8, 4) is 5.75 Å². The topological polar surface area (TPSA) is 37.5 Å². The highest BCUT2D eigenvalue weighted by molar-refractivity contribution is 5.91. The lowest BCUT2D eigenvalue weighted by atomic mass is 9.89. The number of aryl methyl sites for hydroxylation is 1. The Hall–Kier alpha value is -1.52. The van der Waals surface area contributed by atoms with E-state index in [2.05, 4.69) is 35.9 Å². The second-order valence-electron chi connectivity index (χ2n) is 6.57. The van der Waals surface area contributed by atoms with Crippen LogP contribution in [0.15, 0.2) is 18.2 Å². The monoisotopic (exact) mass is 316 g/mol. The molecule has 1 aromatic heterocycles. The molecule has 2 atom stereocenters. The molecule has 2 heterocycles. The number of rotatable bonds is 6. The fourth-order valence-corrected chi connectivity index (χ4v) is 4.21. The predicted octanol–water partition coefficient (Wildman–Crippen LogP) is 3.70. The summed E-state index contributed by atoms with van der Waals surface area (Å²) in [6.07, 6.45) is 2.53. The molecule has 1 aliphatic heterocycles. The van der Waals surface area contributed by atoms with E-state index in [1.54, 1.807) is 14.2 Å². The van der Waals surface area contributed by atoms with Crippen molar-refractivity contribution in [2.24, 2.45) is 0 Å². The third-order valence-electron chi connectivity index (χ3n) is 5.27. The Labute approximate surface area is 138 Å². The zero-order chi connectivity index (χ0) is 16.4. The number of fused-ring (bicyclic) bond motifs is 1. The molecule has 1 saturated heterocycles. The van der Waals surface area contributed by atoms with Gasteiger partial charge in [0.1, 0.15) is 5.75 Å². The lowest BCUT2D eigenvalue weighted by Crippen LogP contribution is -2.36. The smallest absolute Gasteiger partial charge is 0.128 e. The lowest BCUT2D eigenvalue weighted by Gasteiger charge is -2.30. The summed E-state index contributed by atoms with van der Waals surface area (Å²) in [5.74, 6) is 1.44. The van der Waals surface area contributed by atoms with E-state index in [1.165, 1.54) is 41.5 Å². The van der Waals surface area contributed by atoms with Crippen LogP contribution < -0.4 is 4.74 Å².